The minimum Gasteiger partial charge on any atom is -0.469 e. The number of rotatable bonds is 4. The Balaban J connectivity index is 1.94. The fourth-order valence-electron chi connectivity index (χ4n) is 4.15. The van der Waals surface area contributed by atoms with Gasteiger partial charge in [-0.1, -0.05) is 11.8 Å². The Bertz CT molecular complexity index is 625. The molecule has 1 heterocycles. The van der Waals surface area contributed by atoms with E-state index in [0.717, 1.165) is 7.11 Å². The van der Waals surface area contributed by atoms with Crippen molar-refractivity contribution in [2.75, 3.05) is 14.2 Å². The Hall–Kier alpha value is -1.52. The van der Waals surface area contributed by atoms with E-state index < -0.39 is 64.1 Å². The van der Waals surface area contributed by atoms with Gasteiger partial charge in [0.05, 0.1) is 26.1 Å². The minimum atomic E-state index is -5.53. The summed E-state index contributed by atoms with van der Waals surface area (Å²) < 4.78 is 67.9. The van der Waals surface area contributed by atoms with Gasteiger partial charge in [0, 0.05) is 11.2 Å². The first kappa shape index (κ1) is 18.3. The van der Waals surface area contributed by atoms with Crippen LogP contribution >= 0.6 is 11.8 Å². The zero-order chi connectivity index (χ0) is 18.7. The molecule has 140 valence electrons. The second-order valence-electron chi connectivity index (χ2n) is 6.21. The number of esters is 3. The summed E-state index contributed by atoms with van der Waals surface area (Å²) in [5, 5.41) is -5.52. The van der Waals surface area contributed by atoms with Crippen LogP contribution in [0.3, 0.4) is 0 Å². The lowest BCUT2D eigenvalue weighted by atomic mass is 9.80. The molecule has 0 N–H and O–H groups in total. The maximum atomic E-state index is 14.6. The zero-order valence-corrected chi connectivity index (χ0v) is 13.9. The Kier molecular flexibility index (Phi) is 4.20. The molecule has 0 aromatic carbocycles. The fraction of sp³-hybridized carbons (Fsp3) is 0.786. The van der Waals surface area contributed by atoms with E-state index >= 15 is 0 Å². The first-order valence-electron chi connectivity index (χ1n) is 7.37. The number of fused-ring (bicyclic) bond motifs is 1. The van der Waals surface area contributed by atoms with Crippen LogP contribution in [0.1, 0.15) is 6.42 Å². The second kappa shape index (κ2) is 5.75. The first-order chi connectivity index (χ1) is 11.6. The number of methoxy groups -OCH3 is 2. The number of hydrogen-bond acceptors (Lipinski definition) is 7. The highest BCUT2D eigenvalue weighted by atomic mass is 32.2. The van der Waals surface area contributed by atoms with Crippen molar-refractivity contribution in [3.8, 4) is 0 Å². The summed E-state index contributed by atoms with van der Waals surface area (Å²) in [6, 6.07) is 0. The minimum absolute atomic E-state index is 0.230. The summed E-state index contributed by atoms with van der Waals surface area (Å²) in [4.78, 5) is 35.4. The Morgan fingerprint density at radius 1 is 1.16 bits per heavy atom. The van der Waals surface area contributed by atoms with E-state index in [9.17, 15) is 31.9 Å². The van der Waals surface area contributed by atoms with E-state index in [-0.39, 0.29) is 18.2 Å². The third kappa shape index (κ3) is 2.42. The molecule has 0 amide bonds. The third-order valence-electron chi connectivity index (χ3n) is 5.13. The summed E-state index contributed by atoms with van der Waals surface area (Å²) in [5.41, 5.74) is 0. The highest BCUT2D eigenvalue weighted by Gasteiger charge is 2.73. The molecule has 11 heteroatoms. The summed E-state index contributed by atoms with van der Waals surface area (Å²) in [7, 11) is 1.74. The van der Waals surface area contributed by atoms with Gasteiger partial charge in [0.1, 0.15) is 6.10 Å². The lowest BCUT2D eigenvalue weighted by molar-refractivity contribution is -0.210. The topological polar surface area (TPSA) is 78.9 Å². The molecule has 0 aromatic rings. The Morgan fingerprint density at radius 2 is 1.80 bits per heavy atom. The van der Waals surface area contributed by atoms with Crippen molar-refractivity contribution >= 4 is 29.7 Å². The van der Waals surface area contributed by atoms with Gasteiger partial charge in [0.2, 0.25) is 0 Å². The molecule has 3 fully saturated rings. The highest BCUT2D eigenvalue weighted by molar-refractivity contribution is 8.02. The second-order valence-corrected chi connectivity index (χ2v) is 7.55. The van der Waals surface area contributed by atoms with E-state index in [0.29, 0.717) is 7.11 Å². The van der Waals surface area contributed by atoms with Crippen LogP contribution in [-0.2, 0) is 28.6 Å². The molecule has 6 nitrogen and oxygen atoms in total. The van der Waals surface area contributed by atoms with E-state index in [4.69, 9.17) is 4.74 Å². The summed E-state index contributed by atoms with van der Waals surface area (Å²) in [6.45, 7) is 0. The average molecular weight is 386 g/mol. The highest BCUT2D eigenvalue weighted by Crippen LogP contribution is 2.63. The zero-order valence-electron chi connectivity index (χ0n) is 13.0. The molecule has 0 radical (unpaired) electrons. The molecule has 2 aliphatic carbocycles. The van der Waals surface area contributed by atoms with Gasteiger partial charge in [-0.05, 0) is 12.3 Å². The van der Waals surface area contributed by atoms with Gasteiger partial charge in [0.15, 0.2) is 0 Å². The van der Waals surface area contributed by atoms with Crippen LogP contribution in [0.15, 0.2) is 0 Å². The van der Waals surface area contributed by atoms with Gasteiger partial charge in [-0.2, -0.15) is 13.2 Å². The van der Waals surface area contributed by atoms with Crippen molar-refractivity contribution < 1.29 is 46.2 Å². The van der Waals surface area contributed by atoms with Crippen LogP contribution < -0.4 is 0 Å². The molecule has 0 spiro atoms. The molecule has 1 unspecified atom stereocenters. The lowest BCUT2D eigenvalue weighted by Gasteiger charge is -2.34. The molecule has 7 atom stereocenters. The van der Waals surface area contributed by atoms with Crippen molar-refractivity contribution in [2.24, 2.45) is 23.7 Å². The van der Waals surface area contributed by atoms with Crippen molar-refractivity contribution in [3.63, 3.8) is 0 Å². The van der Waals surface area contributed by atoms with Gasteiger partial charge in [-0.15, -0.1) is 0 Å². The normalized spacial score (nSPS) is 38.2. The SMILES string of the molecule is COC(=O)[C@H]1[C@@H]2C[C@H]3[C@H](OC(=O)[C@H]31)[C@H]2SC(F)(C(=O)OC)C(F)(F)F. The standard InChI is InChI=1S/C14H14F4O6S/c1-22-10(19)7-5-3-4-6(7)11(20)24-8(4)9(5)25-13(15,12(21)23-2)14(16,17)18/h4-9H,3H2,1-2H3/t4-,5+,6-,7+,8+,9+,13?/m1/s1. The molecule has 0 aromatic heterocycles. The molecule has 2 bridgehead atoms. The van der Waals surface area contributed by atoms with Crippen LogP contribution in [0, 0.1) is 23.7 Å². The van der Waals surface area contributed by atoms with Gasteiger partial charge in [-0.3, -0.25) is 9.59 Å². The summed E-state index contributed by atoms with van der Waals surface area (Å²) in [5.74, 6) is -6.60. The van der Waals surface area contributed by atoms with Gasteiger partial charge < -0.3 is 14.2 Å². The molecule has 1 aliphatic heterocycles. The monoisotopic (exact) mass is 386 g/mol. The van der Waals surface area contributed by atoms with Crippen molar-refractivity contribution in [1.82, 2.24) is 0 Å². The maximum Gasteiger partial charge on any atom is 0.443 e. The van der Waals surface area contributed by atoms with Crippen molar-refractivity contribution in [3.05, 3.63) is 0 Å². The quantitative estimate of drug-likeness (QED) is 0.411. The molecule has 3 rings (SSSR count). The van der Waals surface area contributed by atoms with Gasteiger partial charge in [0.25, 0.3) is 0 Å². The number of alkyl halides is 4. The van der Waals surface area contributed by atoms with E-state index in [1.165, 1.54) is 0 Å². The number of carbonyl (C=O) groups is 3. The van der Waals surface area contributed by atoms with Crippen molar-refractivity contribution in [2.45, 2.75) is 29.0 Å². The predicted octanol–water partition coefficient (Wildman–Crippen LogP) is 1.47. The average Bonchev–Trinajstić information content (AvgIpc) is 3.15. The fourth-order valence-corrected chi connectivity index (χ4v) is 5.69. The molecule has 25 heavy (non-hydrogen) atoms. The van der Waals surface area contributed by atoms with Crippen LogP contribution in [0.5, 0.6) is 0 Å². The summed E-state index contributed by atoms with van der Waals surface area (Å²) in [6.07, 6.45) is -6.28. The van der Waals surface area contributed by atoms with Gasteiger partial charge >= 0.3 is 29.1 Å². The number of hydrogen-bond donors (Lipinski definition) is 0. The Labute approximate surface area is 143 Å². The number of halogens is 4. The van der Waals surface area contributed by atoms with Crippen LogP contribution in [0.25, 0.3) is 0 Å². The Morgan fingerprint density at radius 3 is 2.32 bits per heavy atom. The van der Waals surface area contributed by atoms with Gasteiger partial charge in [-0.25, -0.2) is 9.18 Å². The van der Waals surface area contributed by atoms with E-state index in [1.54, 1.807) is 0 Å². The van der Waals surface area contributed by atoms with Crippen LogP contribution in [0.2, 0.25) is 0 Å². The maximum absolute atomic E-state index is 14.6. The smallest absolute Gasteiger partial charge is 0.443 e. The number of carbonyl (C=O) groups excluding carboxylic acids is 3. The molecule has 2 saturated carbocycles. The molecular weight excluding hydrogens is 372 g/mol. The third-order valence-corrected chi connectivity index (χ3v) is 6.74. The number of thioether (sulfide) groups is 1. The largest absolute Gasteiger partial charge is 0.469 e. The first-order valence-corrected chi connectivity index (χ1v) is 8.25. The van der Waals surface area contributed by atoms with E-state index in [1.807, 2.05) is 0 Å². The molecular formula is C14H14F4O6S. The number of ether oxygens (including phenoxy) is 3. The van der Waals surface area contributed by atoms with E-state index in [2.05, 4.69) is 9.47 Å². The van der Waals surface area contributed by atoms with Crippen LogP contribution in [0.4, 0.5) is 17.6 Å². The summed E-state index contributed by atoms with van der Waals surface area (Å²) >= 11 is -0.301. The molecule has 1 saturated heterocycles. The predicted molar refractivity (Wildman–Crippen MR) is 73.8 cm³/mol. The lowest BCUT2D eigenvalue weighted by Crippen LogP contribution is -2.50. The molecule has 3 aliphatic rings. The van der Waals surface area contributed by atoms with Crippen molar-refractivity contribution in [1.29, 1.82) is 0 Å². The van der Waals surface area contributed by atoms with Crippen LogP contribution in [-0.4, -0.2) is 54.7 Å².